The number of anilines is 2. The van der Waals surface area contributed by atoms with Crippen molar-refractivity contribution in [2.45, 2.75) is 6.42 Å². The van der Waals surface area contributed by atoms with Gasteiger partial charge >= 0.3 is 0 Å². The van der Waals surface area contributed by atoms with Crippen LogP contribution in [0.1, 0.15) is 5.56 Å². The Labute approximate surface area is 119 Å². The van der Waals surface area contributed by atoms with E-state index in [9.17, 15) is 4.39 Å². The number of rotatable bonds is 3. The molecule has 2 aromatic carbocycles. The molecule has 0 saturated carbocycles. The van der Waals surface area contributed by atoms with Gasteiger partial charge in [0, 0.05) is 5.69 Å². The summed E-state index contributed by atoms with van der Waals surface area (Å²) in [6, 6.07) is 14.3. The minimum Gasteiger partial charge on any atom is -0.332 e. The number of halogens is 1. The summed E-state index contributed by atoms with van der Waals surface area (Å²) in [5.74, 6) is -0.256. The lowest BCUT2D eigenvalue weighted by Crippen LogP contribution is -1.89. The Morgan fingerprint density at radius 1 is 1.20 bits per heavy atom. The zero-order valence-corrected chi connectivity index (χ0v) is 11.2. The van der Waals surface area contributed by atoms with E-state index < -0.39 is 0 Å². The zero-order chi connectivity index (χ0) is 13.9. The number of hydrogen-bond donors (Lipinski definition) is 1. The molecule has 0 aliphatic carbocycles. The van der Waals surface area contributed by atoms with Crippen LogP contribution in [-0.2, 0) is 6.42 Å². The first-order chi connectivity index (χ1) is 9.74. The van der Waals surface area contributed by atoms with Crippen LogP contribution in [0, 0.1) is 17.1 Å². The summed E-state index contributed by atoms with van der Waals surface area (Å²) in [4.78, 5) is 4.40. The maximum absolute atomic E-state index is 13.1. The Hall–Kier alpha value is -2.45. The molecule has 3 aromatic rings. The summed E-state index contributed by atoms with van der Waals surface area (Å²) in [6.45, 7) is 0. The predicted molar refractivity (Wildman–Crippen MR) is 78.6 cm³/mol. The largest absolute Gasteiger partial charge is 0.332 e. The summed E-state index contributed by atoms with van der Waals surface area (Å²) in [5, 5.41) is 12.5. The Morgan fingerprint density at radius 3 is 2.75 bits per heavy atom. The van der Waals surface area contributed by atoms with E-state index in [1.54, 1.807) is 6.07 Å². The van der Waals surface area contributed by atoms with E-state index in [1.165, 1.54) is 23.5 Å². The number of nitriles is 1. The van der Waals surface area contributed by atoms with Gasteiger partial charge in [-0.2, -0.15) is 5.26 Å². The molecular formula is C15H10FN3S. The van der Waals surface area contributed by atoms with E-state index in [2.05, 4.69) is 16.4 Å². The first kappa shape index (κ1) is 12.6. The fraction of sp³-hybridized carbons (Fsp3) is 0.0667. The second kappa shape index (κ2) is 5.27. The molecule has 98 valence electrons. The van der Waals surface area contributed by atoms with Crippen molar-refractivity contribution in [1.82, 2.24) is 4.98 Å². The van der Waals surface area contributed by atoms with Crippen LogP contribution in [-0.4, -0.2) is 4.98 Å². The molecule has 0 aliphatic heterocycles. The molecule has 0 saturated heterocycles. The van der Waals surface area contributed by atoms with Gasteiger partial charge in [0.1, 0.15) is 5.82 Å². The van der Waals surface area contributed by atoms with E-state index in [0.29, 0.717) is 6.42 Å². The van der Waals surface area contributed by atoms with E-state index in [-0.39, 0.29) is 5.82 Å². The predicted octanol–water partition coefficient (Wildman–Crippen LogP) is 4.25. The molecule has 1 heterocycles. The fourth-order valence-corrected chi connectivity index (χ4v) is 2.78. The lowest BCUT2D eigenvalue weighted by Gasteiger charge is -2.02. The van der Waals surface area contributed by atoms with Crippen molar-refractivity contribution in [2.24, 2.45) is 0 Å². The smallest absolute Gasteiger partial charge is 0.188 e. The number of nitrogens with one attached hydrogen (secondary N) is 1. The molecule has 3 rings (SSSR count). The number of fused-ring (bicyclic) bond motifs is 1. The topological polar surface area (TPSA) is 48.7 Å². The Bertz CT molecular complexity index is 787. The van der Waals surface area contributed by atoms with Gasteiger partial charge in [0.05, 0.1) is 22.7 Å². The van der Waals surface area contributed by atoms with Gasteiger partial charge in [-0.25, -0.2) is 9.37 Å². The van der Waals surface area contributed by atoms with Gasteiger partial charge in [-0.05, 0) is 35.9 Å². The van der Waals surface area contributed by atoms with Crippen LogP contribution < -0.4 is 5.32 Å². The highest BCUT2D eigenvalue weighted by Gasteiger charge is 2.05. The molecule has 0 atom stereocenters. The average Bonchev–Trinajstić information content (AvgIpc) is 2.82. The molecule has 0 bridgehead atoms. The van der Waals surface area contributed by atoms with Crippen molar-refractivity contribution in [3.8, 4) is 6.07 Å². The van der Waals surface area contributed by atoms with Crippen molar-refractivity contribution >= 4 is 32.4 Å². The molecule has 3 nitrogen and oxygen atoms in total. The molecule has 0 fully saturated rings. The van der Waals surface area contributed by atoms with Gasteiger partial charge in [-0.15, -0.1) is 0 Å². The molecule has 0 amide bonds. The molecule has 5 heteroatoms. The number of aromatic nitrogens is 1. The van der Waals surface area contributed by atoms with Gasteiger partial charge in [-0.1, -0.05) is 23.5 Å². The van der Waals surface area contributed by atoms with Crippen molar-refractivity contribution < 1.29 is 4.39 Å². The average molecular weight is 283 g/mol. The van der Waals surface area contributed by atoms with E-state index >= 15 is 0 Å². The molecule has 0 aliphatic rings. The van der Waals surface area contributed by atoms with Gasteiger partial charge in [-0.3, -0.25) is 0 Å². The van der Waals surface area contributed by atoms with E-state index in [4.69, 9.17) is 5.26 Å². The van der Waals surface area contributed by atoms with Crippen molar-refractivity contribution in [3.63, 3.8) is 0 Å². The molecular weight excluding hydrogens is 273 g/mol. The third kappa shape index (κ3) is 2.60. The minimum absolute atomic E-state index is 0.256. The maximum Gasteiger partial charge on any atom is 0.188 e. The third-order valence-electron chi connectivity index (χ3n) is 2.84. The second-order valence-electron chi connectivity index (χ2n) is 4.29. The van der Waals surface area contributed by atoms with Crippen molar-refractivity contribution in [1.29, 1.82) is 5.26 Å². The maximum atomic E-state index is 13.1. The Morgan fingerprint density at radius 2 is 2.00 bits per heavy atom. The lowest BCUT2D eigenvalue weighted by molar-refractivity contribution is 0.630. The Balaban J connectivity index is 1.83. The summed E-state index contributed by atoms with van der Waals surface area (Å²) in [7, 11) is 0. The number of nitrogens with zero attached hydrogens (tertiary/aromatic N) is 2. The SMILES string of the molecule is N#CCc1ccc(Nc2nc3ccc(F)cc3s2)cc1. The Kier molecular flexibility index (Phi) is 3.32. The second-order valence-corrected chi connectivity index (χ2v) is 5.32. The van der Waals surface area contributed by atoms with Crippen LogP contribution in [0.25, 0.3) is 10.2 Å². The molecule has 1 aromatic heterocycles. The normalized spacial score (nSPS) is 10.4. The number of hydrogen-bond acceptors (Lipinski definition) is 4. The van der Waals surface area contributed by atoms with Crippen LogP contribution in [0.15, 0.2) is 42.5 Å². The van der Waals surface area contributed by atoms with Crippen LogP contribution >= 0.6 is 11.3 Å². The van der Waals surface area contributed by atoms with E-state index in [1.807, 2.05) is 24.3 Å². The zero-order valence-electron chi connectivity index (χ0n) is 10.4. The summed E-state index contributed by atoms with van der Waals surface area (Å²) >= 11 is 1.41. The van der Waals surface area contributed by atoms with Gasteiger partial charge < -0.3 is 5.32 Å². The van der Waals surface area contributed by atoms with Crippen LogP contribution in [0.5, 0.6) is 0 Å². The van der Waals surface area contributed by atoms with Crippen LogP contribution in [0.2, 0.25) is 0 Å². The highest BCUT2D eigenvalue weighted by atomic mass is 32.1. The van der Waals surface area contributed by atoms with Gasteiger partial charge in [0.2, 0.25) is 0 Å². The highest BCUT2D eigenvalue weighted by Crippen LogP contribution is 2.28. The van der Waals surface area contributed by atoms with Crippen LogP contribution in [0.3, 0.4) is 0 Å². The molecule has 20 heavy (non-hydrogen) atoms. The quantitative estimate of drug-likeness (QED) is 0.782. The standard InChI is InChI=1S/C15H10FN3S/c16-11-3-6-13-14(9-11)20-15(19-13)18-12-4-1-10(2-5-12)7-8-17/h1-6,9H,7H2,(H,18,19). The molecule has 0 unspecified atom stereocenters. The summed E-state index contributed by atoms with van der Waals surface area (Å²) in [6.07, 6.45) is 0.403. The number of thiazole rings is 1. The first-order valence-electron chi connectivity index (χ1n) is 6.03. The lowest BCUT2D eigenvalue weighted by atomic mass is 10.1. The first-order valence-corrected chi connectivity index (χ1v) is 6.85. The van der Waals surface area contributed by atoms with Crippen molar-refractivity contribution in [3.05, 3.63) is 53.8 Å². The molecule has 1 N–H and O–H groups in total. The highest BCUT2D eigenvalue weighted by molar-refractivity contribution is 7.22. The summed E-state index contributed by atoms with van der Waals surface area (Å²) < 4.78 is 13.9. The number of benzene rings is 2. The monoisotopic (exact) mass is 283 g/mol. The van der Waals surface area contributed by atoms with Crippen LogP contribution in [0.4, 0.5) is 15.2 Å². The minimum atomic E-state index is -0.256. The van der Waals surface area contributed by atoms with E-state index in [0.717, 1.165) is 26.6 Å². The fourth-order valence-electron chi connectivity index (χ4n) is 1.87. The molecule has 0 spiro atoms. The van der Waals surface area contributed by atoms with Gasteiger partial charge in [0.25, 0.3) is 0 Å². The summed E-state index contributed by atoms with van der Waals surface area (Å²) in [5.41, 5.74) is 2.65. The third-order valence-corrected chi connectivity index (χ3v) is 3.77. The molecule has 0 radical (unpaired) electrons. The van der Waals surface area contributed by atoms with Gasteiger partial charge in [0.15, 0.2) is 5.13 Å². The van der Waals surface area contributed by atoms with Crippen molar-refractivity contribution in [2.75, 3.05) is 5.32 Å².